The van der Waals surface area contributed by atoms with Gasteiger partial charge in [0.15, 0.2) is 11.5 Å². The monoisotopic (exact) mass is 352 g/mol. The van der Waals surface area contributed by atoms with Crippen LogP contribution in [0.25, 0.3) is 6.08 Å². The molecule has 5 heteroatoms. The Morgan fingerprint density at radius 2 is 1.81 bits per heavy atom. The number of nitrogens with zero attached hydrogens (tertiary/aromatic N) is 1. The Morgan fingerprint density at radius 3 is 2.58 bits per heavy atom. The summed E-state index contributed by atoms with van der Waals surface area (Å²) in [7, 11) is 4.07. The zero-order chi connectivity index (χ0) is 18.4. The maximum absolute atomic E-state index is 12.1. The average molecular weight is 352 g/mol. The molecule has 0 atom stereocenters. The van der Waals surface area contributed by atoms with E-state index in [0.29, 0.717) is 19.8 Å². The van der Waals surface area contributed by atoms with Crippen LogP contribution >= 0.6 is 0 Å². The summed E-state index contributed by atoms with van der Waals surface area (Å²) in [5.74, 6) is 1.34. The second-order valence-electron chi connectivity index (χ2n) is 6.46. The number of ether oxygens (including phenoxy) is 2. The molecule has 1 aliphatic heterocycles. The van der Waals surface area contributed by atoms with Crippen LogP contribution < -0.4 is 14.8 Å². The van der Waals surface area contributed by atoms with Crippen molar-refractivity contribution in [2.45, 2.75) is 13.1 Å². The van der Waals surface area contributed by atoms with E-state index in [2.05, 4.69) is 16.3 Å². The van der Waals surface area contributed by atoms with E-state index in [4.69, 9.17) is 9.47 Å². The molecule has 0 saturated heterocycles. The lowest BCUT2D eigenvalue weighted by Crippen LogP contribution is -2.22. The zero-order valence-electron chi connectivity index (χ0n) is 15.2. The summed E-state index contributed by atoms with van der Waals surface area (Å²) in [4.78, 5) is 14.3. The van der Waals surface area contributed by atoms with E-state index in [1.54, 1.807) is 12.2 Å². The molecular weight excluding hydrogens is 328 g/mol. The zero-order valence-corrected chi connectivity index (χ0v) is 15.2. The van der Waals surface area contributed by atoms with E-state index in [1.807, 2.05) is 50.5 Å². The van der Waals surface area contributed by atoms with Crippen molar-refractivity contribution < 1.29 is 14.3 Å². The number of hydrogen-bond donors (Lipinski definition) is 1. The average Bonchev–Trinajstić information content (AvgIpc) is 2.65. The standard InChI is InChI=1S/C21H24N2O3/c1-23(2)15-18-6-4-3-5-17(18)14-22-21(24)10-8-16-7-9-19-20(13-16)26-12-11-25-19/h3-10,13H,11-12,14-15H2,1-2H3,(H,22,24)/b10-8+. The van der Waals surface area contributed by atoms with Gasteiger partial charge in [-0.1, -0.05) is 30.3 Å². The molecule has 0 bridgehead atoms. The second-order valence-corrected chi connectivity index (χ2v) is 6.46. The molecule has 136 valence electrons. The van der Waals surface area contributed by atoms with Gasteiger partial charge in [0.1, 0.15) is 13.2 Å². The Kier molecular flexibility index (Phi) is 5.92. The lowest BCUT2D eigenvalue weighted by atomic mass is 10.1. The predicted octanol–water partition coefficient (Wildman–Crippen LogP) is 2.85. The largest absolute Gasteiger partial charge is 0.486 e. The fourth-order valence-electron chi connectivity index (χ4n) is 2.80. The first-order valence-corrected chi connectivity index (χ1v) is 8.69. The van der Waals surface area contributed by atoms with Crippen LogP contribution in [-0.4, -0.2) is 38.1 Å². The van der Waals surface area contributed by atoms with Crippen LogP contribution in [0.3, 0.4) is 0 Å². The minimum Gasteiger partial charge on any atom is -0.486 e. The molecule has 26 heavy (non-hydrogen) atoms. The van der Waals surface area contributed by atoms with Crippen LogP contribution in [0.15, 0.2) is 48.5 Å². The molecule has 0 spiro atoms. The van der Waals surface area contributed by atoms with Gasteiger partial charge >= 0.3 is 0 Å². The van der Waals surface area contributed by atoms with Gasteiger partial charge in [-0.05, 0) is 49.0 Å². The fraction of sp³-hybridized carbons (Fsp3) is 0.286. The molecule has 0 radical (unpaired) electrons. The first-order chi connectivity index (χ1) is 12.6. The fourth-order valence-corrected chi connectivity index (χ4v) is 2.80. The lowest BCUT2D eigenvalue weighted by Gasteiger charge is -2.18. The third-order valence-corrected chi connectivity index (χ3v) is 4.05. The Morgan fingerprint density at radius 1 is 1.08 bits per heavy atom. The molecule has 1 aliphatic rings. The highest BCUT2D eigenvalue weighted by molar-refractivity contribution is 5.91. The van der Waals surface area contributed by atoms with Crippen molar-refractivity contribution in [3.8, 4) is 11.5 Å². The van der Waals surface area contributed by atoms with Crippen LogP contribution in [-0.2, 0) is 17.9 Å². The minimum atomic E-state index is -0.125. The van der Waals surface area contributed by atoms with E-state index in [-0.39, 0.29) is 5.91 Å². The van der Waals surface area contributed by atoms with Gasteiger partial charge in [-0.25, -0.2) is 0 Å². The van der Waals surface area contributed by atoms with E-state index in [1.165, 1.54) is 5.56 Å². The molecule has 1 N–H and O–H groups in total. The molecule has 0 aliphatic carbocycles. The second kappa shape index (κ2) is 8.54. The molecule has 2 aromatic rings. The van der Waals surface area contributed by atoms with Gasteiger partial charge in [0.25, 0.3) is 0 Å². The van der Waals surface area contributed by atoms with Crippen molar-refractivity contribution in [1.82, 2.24) is 10.2 Å². The van der Waals surface area contributed by atoms with Gasteiger partial charge in [-0.3, -0.25) is 4.79 Å². The van der Waals surface area contributed by atoms with E-state index in [0.717, 1.165) is 29.2 Å². The van der Waals surface area contributed by atoms with Gasteiger partial charge in [0.05, 0.1) is 0 Å². The molecular formula is C21H24N2O3. The van der Waals surface area contributed by atoms with Gasteiger partial charge in [-0.2, -0.15) is 0 Å². The van der Waals surface area contributed by atoms with Gasteiger partial charge < -0.3 is 19.7 Å². The number of amides is 1. The SMILES string of the molecule is CN(C)Cc1ccccc1CNC(=O)/C=C/c1ccc2c(c1)OCCO2. The number of rotatable bonds is 6. The Labute approximate surface area is 154 Å². The molecule has 0 unspecified atom stereocenters. The summed E-state index contributed by atoms with van der Waals surface area (Å²) in [5, 5.41) is 2.94. The smallest absolute Gasteiger partial charge is 0.244 e. The van der Waals surface area contributed by atoms with Crippen molar-refractivity contribution in [2.75, 3.05) is 27.3 Å². The number of nitrogens with one attached hydrogen (secondary N) is 1. The van der Waals surface area contributed by atoms with Crippen LogP contribution in [0.1, 0.15) is 16.7 Å². The summed E-state index contributed by atoms with van der Waals surface area (Å²) in [6.45, 7) is 2.47. The highest BCUT2D eigenvalue weighted by atomic mass is 16.6. The quantitative estimate of drug-likeness (QED) is 0.813. The number of carbonyl (C=O) groups excluding carboxylic acids is 1. The molecule has 0 saturated carbocycles. The number of carbonyl (C=O) groups is 1. The lowest BCUT2D eigenvalue weighted by molar-refractivity contribution is -0.116. The minimum absolute atomic E-state index is 0.125. The summed E-state index contributed by atoms with van der Waals surface area (Å²) in [5.41, 5.74) is 3.24. The molecule has 1 amide bonds. The molecule has 0 aromatic heterocycles. The Balaban J connectivity index is 1.58. The van der Waals surface area contributed by atoms with Gasteiger partial charge in [0.2, 0.25) is 5.91 Å². The van der Waals surface area contributed by atoms with Crippen LogP contribution in [0.2, 0.25) is 0 Å². The summed E-state index contributed by atoms with van der Waals surface area (Å²) >= 11 is 0. The predicted molar refractivity (Wildman–Crippen MR) is 102 cm³/mol. The Bertz CT molecular complexity index is 800. The van der Waals surface area contributed by atoms with Crippen molar-refractivity contribution >= 4 is 12.0 Å². The topological polar surface area (TPSA) is 50.8 Å². The van der Waals surface area contributed by atoms with Gasteiger partial charge in [-0.15, -0.1) is 0 Å². The third kappa shape index (κ3) is 4.86. The van der Waals surface area contributed by atoms with Crippen molar-refractivity contribution in [3.05, 3.63) is 65.2 Å². The molecule has 1 heterocycles. The van der Waals surface area contributed by atoms with Crippen molar-refractivity contribution in [2.24, 2.45) is 0 Å². The molecule has 5 nitrogen and oxygen atoms in total. The highest BCUT2D eigenvalue weighted by Crippen LogP contribution is 2.31. The van der Waals surface area contributed by atoms with Crippen LogP contribution in [0.5, 0.6) is 11.5 Å². The first kappa shape index (κ1) is 18.0. The first-order valence-electron chi connectivity index (χ1n) is 8.69. The van der Waals surface area contributed by atoms with Crippen molar-refractivity contribution in [3.63, 3.8) is 0 Å². The summed E-state index contributed by atoms with van der Waals surface area (Å²) in [6, 6.07) is 13.8. The number of hydrogen-bond acceptors (Lipinski definition) is 4. The van der Waals surface area contributed by atoms with E-state index in [9.17, 15) is 4.79 Å². The Hall–Kier alpha value is -2.79. The summed E-state index contributed by atoms with van der Waals surface area (Å²) < 4.78 is 11.1. The number of benzene rings is 2. The molecule has 2 aromatic carbocycles. The third-order valence-electron chi connectivity index (χ3n) is 4.05. The molecule has 3 rings (SSSR count). The maximum Gasteiger partial charge on any atom is 0.244 e. The van der Waals surface area contributed by atoms with Gasteiger partial charge in [0, 0.05) is 19.2 Å². The molecule has 0 fully saturated rings. The van der Waals surface area contributed by atoms with Crippen LogP contribution in [0, 0.1) is 0 Å². The number of fused-ring (bicyclic) bond motifs is 1. The van der Waals surface area contributed by atoms with E-state index >= 15 is 0 Å². The maximum atomic E-state index is 12.1. The highest BCUT2D eigenvalue weighted by Gasteiger charge is 2.11. The normalized spacial score (nSPS) is 13.2. The van der Waals surface area contributed by atoms with Crippen LogP contribution in [0.4, 0.5) is 0 Å². The van der Waals surface area contributed by atoms with E-state index < -0.39 is 0 Å². The van der Waals surface area contributed by atoms with Crippen molar-refractivity contribution in [1.29, 1.82) is 0 Å². The summed E-state index contributed by atoms with van der Waals surface area (Å²) in [6.07, 6.45) is 3.32.